The maximum Gasteiger partial charge on any atom is 0.337 e. The first kappa shape index (κ1) is 13.1. The van der Waals surface area contributed by atoms with Crippen LogP contribution in [0.2, 0.25) is 0 Å². The zero-order valence-electron chi connectivity index (χ0n) is 10.9. The Hall–Kier alpha value is -2.37. The largest absolute Gasteiger partial charge is 0.478 e. The zero-order valence-corrected chi connectivity index (χ0v) is 10.9. The molecule has 0 aromatic carbocycles. The molecule has 2 heterocycles. The van der Waals surface area contributed by atoms with Crippen LogP contribution in [-0.2, 0) is 13.5 Å². The van der Waals surface area contributed by atoms with Gasteiger partial charge in [0.1, 0.15) is 11.6 Å². The van der Waals surface area contributed by atoms with Crippen molar-refractivity contribution in [1.82, 2.24) is 14.5 Å². The highest BCUT2D eigenvalue weighted by atomic mass is 16.4. The van der Waals surface area contributed by atoms with E-state index in [2.05, 4.69) is 15.3 Å². The molecular formula is C13H16N4O2. The van der Waals surface area contributed by atoms with Crippen molar-refractivity contribution < 1.29 is 9.90 Å². The highest BCUT2D eigenvalue weighted by molar-refractivity contribution is 5.89. The second-order valence-electron chi connectivity index (χ2n) is 4.27. The van der Waals surface area contributed by atoms with Crippen LogP contribution in [0.4, 0.5) is 5.82 Å². The Morgan fingerprint density at radius 2 is 2.26 bits per heavy atom. The van der Waals surface area contributed by atoms with E-state index in [1.54, 1.807) is 25.3 Å². The number of pyridine rings is 1. The lowest BCUT2D eigenvalue weighted by atomic mass is 10.2. The third kappa shape index (κ3) is 3.09. The molecule has 0 radical (unpaired) electrons. The molecule has 19 heavy (non-hydrogen) atoms. The molecule has 0 bridgehead atoms. The van der Waals surface area contributed by atoms with Gasteiger partial charge in [0.15, 0.2) is 0 Å². The average molecular weight is 260 g/mol. The van der Waals surface area contributed by atoms with Gasteiger partial charge in [-0.05, 0) is 19.1 Å². The first-order chi connectivity index (χ1) is 9.08. The SMILES string of the molecule is Cc1nc(NCCc2nccn2C)ccc1C(=O)O. The van der Waals surface area contributed by atoms with E-state index in [1.165, 1.54) is 0 Å². The molecule has 2 rings (SSSR count). The van der Waals surface area contributed by atoms with E-state index in [9.17, 15) is 4.79 Å². The lowest BCUT2D eigenvalue weighted by Gasteiger charge is -2.07. The molecular weight excluding hydrogens is 244 g/mol. The molecule has 2 aromatic rings. The molecule has 0 fully saturated rings. The van der Waals surface area contributed by atoms with Crippen molar-refractivity contribution in [1.29, 1.82) is 0 Å². The van der Waals surface area contributed by atoms with Crippen LogP contribution >= 0.6 is 0 Å². The van der Waals surface area contributed by atoms with Crippen LogP contribution in [0.5, 0.6) is 0 Å². The summed E-state index contributed by atoms with van der Waals surface area (Å²) in [6.45, 7) is 2.39. The van der Waals surface area contributed by atoms with Crippen molar-refractivity contribution in [3.05, 3.63) is 41.6 Å². The quantitative estimate of drug-likeness (QED) is 0.851. The van der Waals surface area contributed by atoms with Gasteiger partial charge in [-0.15, -0.1) is 0 Å². The van der Waals surface area contributed by atoms with Gasteiger partial charge in [-0.3, -0.25) is 0 Å². The predicted molar refractivity (Wildman–Crippen MR) is 71.3 cm³/mol. The van der Waals surface area contributed by atoms with Gasteiger partial charge in [0.25, 0.3) is 0 Å². The fraction of sp³-hybridized carbons (Fsp3) is 0.308. The van der Waals surface area contributed by atoms with Crippen molar-refractivity contribution in [3.63, 3.8) is 0 Å². The topological polar surface area (TPSA) is 80.0 Å². The molecule has 0 unspecified atom stereocenters. The number of carbonyl (C=O) groups is 1. The smallest absolute Gasteiger partial charge is 0.337 e. The van der Waals surface area contributed by atoms with Gasteiger partial charge in [0.2, 0.25) is 0 Å². The van der Waals surface area contributed by atoms with Gasteiger partial charge >= 0.3 is 5.97 Å². The number of rotatable bonds is 5. The number of imidazole rings is 1. The minimum Gasteiger partial charge on any atom is -0.478 e. The summed E-state index contributed by atoms with van der Waals surface area (Å²) in [5.74, 6) is 0.715. The number of anilines is 1. The Balaban J connectivity index is 1.95. The zero-order chi connectivity index (χ0) is 13.8. The molecule has 100 valence electrons. The van der Waals surface area contributed by atoms with Gasteiger partial charge in [-0.25, -0.2) is 14.8 Å². The summed E-state index contributed by atoms with van der Waals surface area (Å²) in [5, 5.41) is 12.1. The van der Waals surface area contributed by atoms with E-state index in [1.807, 2.05) is 17.8 Å². The summed E-state index contributed by atoms with van der Waals surface area (Å²) in [4.78, 5) is 19.3. The summed E-state index contributed by atoms with van der Waals surface area (Å²) in [7, 11) is 1.95. The van der Waals surface area contributed by atoms with Gasteiger partial charge in [0, 0.05) is 32.4 Å². The summed E-state index contributed by atoms with van der Waals surface area (Å²) in [6, 6.07) is 3.24. The molecule has 2 aromatic heterocycles. The lowest BCUT2D eigenvalue weighted by Crippen LogP contribution is -2.11. The number of nitrogens with one attached hydrogen (secondary N) is 1. The maximum atomic E-state index is 10.9. The van der Waals surface area contributed by atoms with Crippen LogP contribution in [0.15, 0.2) is 24.5 Å². The van der Waals surface area contributed by atoms with Crippen molar-refractivity contribution >= 4 is 11.8 Å². The Kier molecular flexibility index (Phi) is 3.79. The van der Waals surface area contributed by atoms with Crippen molar-refractivity contribution in [2.45, 2.75) is 13.3 Å². The third-order valence-electron chi connectivity index (χ3n) is 2.89. The Bertz CT molecular complexity index is 592. The first-order valence-electron chi connectivity index (χ1n) is 5.99. The van der Waals surface area contributed by atoms with E-state index in [0.717, 1.165) is 12.2 Å². The number of aromatic carboxylic acids is 1. The lowest BCUT2D eigenvalue weighted by molar-refractivity contribution is 0.0695. The van der Waals surface area contributed by atoms with Gasteiger partial charge in [0.05, 0.1) is 11.3 Å². The number of carboxylic acids is 1. The normalized spacial score (nSPS) is 10.4. The van der Waals surface area contributed by atoms with Crippen molar-refractivity contribution in [2.24, 2.45) is 7.05 Å². The molecule has 0 amide bonds. The second kappa shape index (κ2) is 5.51. The predicted octanol–water partition coefficient (Wildman–Crippen LogP) is 1.48. The van der Waals surface area contributed by atoms with Crippen LogP contribution in [0.3, 0.4) is 0 Å². The molecule has 0 saturated carbocycles. The van der Waals surface area contributed by atoms with Crippen LogP contribution in [0.25, 0.3) is 0 Å². The second-order valence-corrected chi connectivity index (χ2v) is 4.27. The average Bonchev–Trinajstić information content (AvgIpc) is 2.75. The van der Waals surface area contributed by atoms with E-state index in [-0.39, 0.29) is 5.56 Å². The molecule has 0 aliphatic carbocycles. The molecule has 0 saturated heterocycles. The van der Waals surface area contributed by atoms with E-state index >= 15 is 0 Å². The van der Waals surface area contributed by atoms with Crippen LogP contribution in [0, 0.1) is 6.92 Å². The monoisotopic (exact) mass is 260 g/mol. The number of carboxylic acid groups (broad SMARTS) is 1. The standard InChI is InChI=1S/C13H16N4O2/c1-9-10(13(18)19)3-4-11(16-9)14-6-5-12-15-7-8-17(12)2/h3-4,7-8H,5-6H2,1-2H3,(H,14,16)(H,18,19). The fourth-order valence-electron chi connectivity index (χ4n) is 1.83. The van der Waals surface area contributed by atoms with Crippen LogP contribution in [-0.4, -0.2) is 32.2 Å². The highest BCUT2D eigenvalue weighted by Crippen LogP contribution is 2.10. The molecule has 0 aliphatic rings. The minimum atomic E-state index is -0.954. The van der Waals surface area contributed by atoms with Crippen molar-refractivity contribution in [2.75, 3.05) is 11.9 Å². The Morgan fingerprint density at radius 1 is 1.47 bits per heavy atom. The molecule has 0 atom stereocenters. The number of hydrogen-bond acceptors (Lipinski definition) is 4. The van der Waals surface area contributed by atoms with E-state index in [4.69, 9.17) is 5.11 Å². The third-order valence-corrected chi connectivity index (χ3v) is 2.89. The molecule has 2 N–H and O–H groups in total. The van der Waals surface area contributed by atoms with Crippen LogP contribution < -0.4 is 5.32 Å². The number of nitrogens with zero attached hydrogens (tertiary/aromatic N) is 3. The summed E-state index contributed by atoms with van der Waals surface area (Å²) in [6.07, 6.45) is 4.45. The van der Waals surface area contributed by atoms with Gasteiger partial charge < -0.3 is 15.0 Å². The Labute approximate surface area is 111 Å². The van der Waals surface area contributed by atoms with Gasteiger partial charge in [-0.1, -0.05) is 0 Å². The van der Waals surface area contributed by atoms with Gasteiger partial charge in [-0.2, -0.15) is 0 Å². The number of aromatic nitrogens is 3. The number of aryl methyl sites for hydroxylation is 2. The molecule has 0 aliphatic heterocycles. The molecule has 6 heteroatoms. The van der Waals surface area contributed by atoms with Crippen LogP contribution in [0.1, 0.15) is 21.9 Å². The molecule has 0 spiro atoms. The first-order valence-corrected chi connectivity index (χ1v) is 5.99. The highest BCUT2D eigenvalue weighted by Gasteiger charge is 2.08. The molecule has 6 nitrogen and oxygen atoms in total. The maximum absolute atomic E-state index is 10.9. The van der Waals surface area contributed by atoms with E-state index < -0.39 is 5.97 Å². The summed E-state index contributed by atoms with van der Waals surface area (Å²) < 4.78 is 1.97. The fourth-order valence-corrected chi connectivity index (χ4v) is 1.83. The summed E-state index contributed by atoms with van der Waals surface area (Å²) >= 11 is 0. The summed E-state index contributed by atoms with van der Waals surface area (Å²) in [5.41, 5.74) is 0.740. The Morgan fingerprint density at radius 3 is 2.84 bits per heavy atom. The van der Waals surface area contributed by atoms with E-state index in [0.29, 0.717) is 18.1 Å². The minimum absolute atomic E-state index is 0.231. The number of hydrogen-bond donors (Lipinski definition) is 2. The van der Waals surface area contributed by atoms with Crippen molar-refractivity contribution in [3.8, 4) is 0 Å².